The molecule has 11 heteroatoms. The number of carbonyl (C=O) groups is 1. The number of carbonyl (C=O) groups excluding carboxylic acids is 1. The van der Waals surface area contributed by atoms with Crippen molar-refractivity contribution >= 4 is 37.5 Å². The highest BCUT2D eigenvalue weighted by Gasteiger charge is 2.32. The Labute approximate surface area is 202 Å². The summed E-state index contributed by atoms with van der Waals surface area (Å²) in [7, 11) is 1.27. The Morgan fingerprint density at radius 1 is 1.06 bits per heavy atom. The number of methoxy groups -OCH3 is 2. The molecule has 0 bridgehead atoms. The van der Waals surface area contributed by atoms with Crippen LogP contribution in [0.3, 0.4) is 0 Å². The first-order valence-corrected chi connectivity index (χ1v) is 13.0. The summed E-state index contributed by atoms with van der Waals surface area (Å²) in [5.74, 6) is 0.719. The van der Waals surface area contributed by atoms with E-state index in [9.17, 15) is 13.2 Å². The van der Waals surface area contributed by atoms with E-state index in [0.29, 0.717) is 35.0 Å². The minimum Gasteiger partial charge on any atom is -0.493 e. The van der Waals surface area contributed by atoms with Crippen LogP contribution in [0.25, 0.3) is 10.2 Å². The lowest BCUT2D eigenvalue weighted by atomic mass is 10.2. The van der Waals surface area contributed by atoms with Gasteiger partial charge in [-0.05, 0) is 38.1 Å². The second kappa shape index (κ2) is 9.49. The summed E-state index contributed by atoms with van der Waals surface area (Å²) in [4.78, 5) is 17.7. The number of fused-ring (bicyclic) bond motifs is 1. The molecule has 34 heavy (non-hydrogen) atoms. The number of rotatable bonds is 5. The highest BCUT2D eigenvalue weighted by molar-refractivity contribution is 7.89. The van der Waals surface area contributed by atoms with Gasteiger partial charge in [-0.2, -0.15) is 9.30 Å². The lowest BCUT2D eigenvalue weighted by Crippen LogP contribution is -2.48. The molecule has 0 saturated carbocycles. The van der Waals surface area contributed by atoms with Crippen molar-refractivity contribution in [1.82, 2.24) is 8.87 Å². The van der Waals surface area contributed by atoms with E-state index in [1.807, 2.05) is 33.0 Å². The van der Waals surface area contributed by atoms with E-state index in [1.165, 1.54) is 39.9 Å². The number of hydrogen-bond acceptors (Lipinski definition) is 7. The first-order valence-electron chi connectivity index (χ1n) is 10.7. The van der Waals surface area contributed by atoms with Crippen LogP contribution >= 0.6 is 11.3 Å². The first kappa shape index (κ1) is 24.4. The number of hydrogen-bond donors (Lipinski definition) is 0. The van der Waals surface area contributed by atoms with E-state index in [0.717, 1.165) is 10.2 Å². The third-order valence-electron chi connectivity index (χ3n) is 5.64. The Hall–Kier alpha value is -2.73. The van der Waals surface area contributed by atoms with Gasteiger partial charge in [-0.25, -0.2) is 8.42 Å². The van der Waals surface area contributed by atoms with Crippen molar-refractivity contribution in [3.8, 4) is 11.5 Å². The van der Waals surface area contributed by atoms with Crippen molar-refractivity contribution in [3.63, 3.8) is 0 Å². The molecule has 0 spiro atoms. The molecule has 1 aliphatic heterocycles. The molecule has 3 aromatic rings. The topological polar surface area (TPSA) is 99.4 Å². The van der Waals surface area contributed by atoms with Gasteiger partial charge in [-0.3, -0.25) is 4.79 Å². The standard InChI is InChI=1S/C23H27N3O6S2/c1-14-12-26(13-15(2)32-14)34(28,29)17-8-6-16(7-9-17)22(27)24-23-25(3)18-10-19(30-4)20(31-5)11-21(18)33-23/h6-11,14-15H,12-13H2,1-5H3/t14-,15-/m1/s1. The number of aryl methyl sites for hydroxylation is 1. The van der Waals surface area contributed by atoms with Crippen molar-refractivity contribution < 1.29 is 27.4 Å². The van der Waals surface area contributed by atoms with Gasteiger partial charge in [0.1, 0.15) is 0 Å². The van der Waals surface area contributed by atoms with Crippen LogP contribution in [0.15, 0.2) is 46.3 Å². The van der Waals surface area contributed by atoms with Crippen LogP contribution in [0.2, 0.25) is 0 Å². The molecule has 0 aliphatic carbocycles. The zero-order valence-electron chi connectivity index (χ0n) is 19.6. The van der Waals surface area contributed by atoms with Crippen LogP contribution in [-0.4, -0.2) is 62.7 Å². The largest absolute Gasteiger partial charge is 0.493 e. The lowest BCUT2D eigenvalue weighted by molar-refractivity contribution is -0.0440. The average molecular weight is 506 g/mol. The molecule has 1 aliphatic rings. The molecule has 0 N–H and O–H groups in total. The fourth-order valence-electron chi connectivity index (χ4n) is 3.96. The highest BCUT2D eigenvalue weighted by atomic mass is 32.2. The molecule has 1 saturated heterocycles. The summed E-state index contributed by atoms with van der Waals surface area (Å²) < 4.78 is 46.5. The van der Waals surface area contributed by atoms with E-state index in [2.05, 4.69) is 4.99 Å². The van der Waals surface area contributed by atoms with Crippen LogP contribution in [0.1, 0.15) is 24.2 Å². The van der Waals surface area contributed by atoms with Crippen molar-refractivity contribution in [2.24, 2.45) is 12.0 Å². The zero-order chi connectivity index (χ0) is 24.6. The Morgan fingerprint density at radius 2 is 1.65 bits per heavy atom. The van der Waals surface area contributed by atoms with Crippen LogP contribution in [0, 0.1) is 0 Å². The number of benzene rings is 2. The Kier molecular flexibility index (Phi) is 6.81. The molecule has 0 radical (unpaired) electrons. The monoisotopic (exact) mass is 505 g/mol. The normalized spacial score (nSPS) is 20.0. The maximum atomic E-state index is 13.0. The SMILES string of the molecule is COc1cc2sc(=NC(=O)c3ccc(S(=O)(=O)N4C[C@@H](C)O[C@H](C)C4)cc3)n(C)c2cc1OC. The van der Waals surface area contributed by atoms with Gasteiger partial charge in [0.05, 0.1) is 41.5 Å². The summed E-state index contributed by atoms with van der Waals surface area (Å²) in [6.07, 6.45) is -0.361. The number of thiazole rings is 1. The molecule has 9 nitrogen and oxygen atoms in total. The van der Waals surface area contributed by atoms with Crippen molar-refractivity contribution in [2.45, 2.75) is 31.0 Å². The number of sulfonamides is 1. The second-order valence-corrected chi connectivity index (χ2v) is 11.1. The minimum atomic E-state index is -3.68. The fraction of sp³-hybridized carbons (Fsp3) is 0.391. The van der Waals surface area contributed by atoms with Gasteiger partial charge < -0.3 is 18.8 Å². The summed E-state index contributed by atoms with van der Waals surface area (Å²) in [6, 6.07) is 9.56. The summed E-state index contributed by atoms with van der Waals surface area (Å²) in [5.41, 5.74) is 1.15. The number of nitrogens with zero attached hydrogens (tertiary/aromatic N) is 3. The Bertz CT molecular complexity index is 1380. The lowest BCUT2D eigenvalue weighted by Gasteiger charge is -2.34. The van der Waals surface area contributed by atoms with Crippen LogP contribution in [-0.2, 0) is 21.8 Å². The van der Waals surface area contributed by atoms with Gasteiger partial charge >= 0.3 is 0 Å². The van der Waals surface area contributed by atoms with Gasteiger partial charge in [-0.1, -0.05) is 11.3 Å². The van der Waals surface area contributed by atoms with Crippen molar-refractivity contribution in [1.29, 1.82) is 0 Å². The third kappa shape index (κ3) is 4.61. The number of ether oxygens (including phenoxy) is 3. The van der Waals surface area contributed by atoms with Crippen LogP contribution in [0.4, 0.5) is 0 Å². The van der Waals surface area contributed by atoms with Gasteiger partial charge in [0.25, 0.3) is 5.91 Å². The van der Waals surface area contributed by atoms with E-state index >= 15 is 0 Å². The maximum absolute atomic E-state index is 13.0. The van der Waals surface area contributed by atoms with E-state index in [1.54, 1.807) is 18.8 Å². The van der Waals surface area contributed by atoms with Crippen molar-refractivity contribution in [3.05, 3.63) is 46.8 Å². The van der Waals surface area contributed by atoms with Crippen LogP contribution < -0.4 is 14.3 Å². The summed E-state index contributed by atoms with van der Waals surface area (Å²) in [6.45, 7) is 4.28. The summed E-state index contributed by atoms with van der Waals surface area (Å²) in [5, 5.41) is 0. The van der Waals surface area contributed by atoms with Gasteiger partial charge in [0.2, 0.25) is 10.0 Å². The number of amides is 1. The quantitative estimate of drug-likeness (QED) is 0.529. The molecule has 2 atom stereocenters. The summed E-state index contributed by atoms with van der Waals surface area (Å²) >= 11 is 1.35. The van der Waals surface area contributed by atoms with E-state index in [4.69, 9.17) is 14.2 Å². The molecule has 182 valence electrons. The molecule has 1 amide bonds. The molecular formula is C23H27N3O6S2. The molecule has 2 aromatic carbocycles. The molecule has 0 unspecified atom stereocenters. The van der Waals surface area contributed by atoms with Crippen molar-refractivity contribution in [2.75, 3.05) is 27.3 Å². The zero-order valence-corrected chi connectivity index (χ0v) is 21.3. The Balaban J connectivity index is 1.62. The maximum Gasteiger partial charge on any atom is 0.279 e. The predicted molar refractivity (Wildman–Crippen MR) is 129 cm³/mol. The molecule has 2 heterocycles. The molecule has 1 aromatic heterocycles. The van der Waals surface area contributed by atoms with Gasteiger partial charge in [-0.15, -0.1) is 0 Å². The smallest absolute Gasteiger partial charge is 0.279 e. The second-order valence-electron chi connectivity index (χ2n) is 8.14. The molecule has 1 fully saturated rings. The fourth-order valence-corrected chi connectivity index (χ4v) is 6.58. The third-order valence-corrected chi connectivity index (χ3v) is 8.58. The number of aromatic nitrogens is 1. The van der Waals surface area contributed by atoms with E-state index in [-0.39, 0.29) is 17.1 Å². The Morgan fingerprint density at radius 3 is 2.24 bits per heavy atom. The molecule has 4 rings (SSSR count). The van der Waals surface area contributed by atoms with Crippen LogP contribution in [0.5, 0.6) is 11.5 Å². The minimum absolute atomic E-state index is 0.136. The van der Waals surface area contributed by atoms with Gasteiger partial charge in [0.15, 0.2) is 16.3 Å². The first-order chi connectivity index (χ1) is 16.1. The highest BCUT2D eigenvalue weighted by Crippen LogP contribution is 2.33. The average Bonchev–Trinajstić information content (AvgIpc) is 3.11. The van der Waals surface area contributed by atoms with Gasteiger partial charge in [0, 0.05) is 37.8 Å². The number of morpholine rings is 1. The predicted octanol–water partition coefficient (Wildman–Crippen LogP) is 2.80. The molecular weight excluding hydrogens is 478 g/mol. The van der Waals surface area contributed by atoms with E-state index < -0.39 is 15.9 Å².